The van der Waals surface area contributed by atoms with Crippen LogP contribution in [0.15, 0.2) is 72.8 Å². The van der Waals surface area contributed by atoms with Crippen LogP contribution in [-0.2, 0) is 32.6 Å². The molecule has 0 radical (unpaired) electrons. The monoisotopic (exact) mass is 595 g/mol. The van der Waals surface area contributed by atoms with Gasteiger partial charge in [-0.3, -0.25) is 13.9 Å². The maximum absolute atomic E-state index is 14.3. The van der Waals surface area contributed by atoms with E-state index in [1.54, 1.807) is 24.3 Å². The number of sulfonamides is 1. The standard InChI is InChI=1S/C32H38ClN3O4S/c1-23-12-11-19-29(24(23)2)36(41(3,39)40)22-31(37)35(21-26-15-7-10-18-28(26)33)30(20-25-13-5-4-6-14-25)32(38)34-27-16-8-9-17-27/h4-7,10-15,18-19,27,30H,8-9,16-17,20-22H2,1-3H3,(H,34,38)/t30-/m0/s1. The molecule has 41 heavy (non-hydrogen) atoms. The fourth-order valence-electron chi connectivity index (χ4n) is 5.33. The number of benzene rings is 3. The second kappa shape index (κ2) is 13.5. The molecule has 0 spiro atoms. The van der Waals surface area contributed by atoms with Gasteiger partial charge < -0.3 is 10.2 Å². The second-order valence-corrected chi connectivity index (χ2v) is 13.1. The van der Waals surface area contributed by atoms with Gasteiger partial charge >= 0.3 is 0 Å². The molecule has 0 aromatic heterocycles. The van der Waals surface area contributed by atoms with Gasteiger partial charge in [0.2, 0.25) is 21.8 Å². The van der Waals surface area contributed by atoms with Crippen LogP contribution in [0.3, 0.4) is 0 Å². The summed E-state index contributed by atoms with van der Waals surface area (Å²) in [5, 5.41) is 3.64. The molecule has 1 aliphatic carbocycles. The van der Waals surface area contributed by atoms with E-state index in [1.807, 2.05) is 62.4 Å². The minimum atomic E-state index is -3.83. The molecule has 0 aliphatic heterocycles. The smallest absolute Gasteiger partial charge is 0.244 e. The normalized spacial score (nSPS) is 14.4. The van der Waals surface area contributed by atoms with E-state index in [-0.39, 0.29) is 24.9 Å². The van der Waals surface area contributed by atoms with Crippen molar-refractivity contribution in [1.29, 1.82) is 0 Å². The van der Waals surface area contributed by atoms with Gasteiger partial charge in [-0.05, 0) is 61.1 Å². The van der Waals surface area contributed by atoms with Crippen molar-refractivity contribution in [3.05, 3.63) is 100 Å². The van der Waals surface area contributed by atoms with E-state index in [0.717, 1.165) is 52.9 Å². The van der Waals surface area contributed by atoms with Crippen LogP contribution in [0.25, 0.3) is 0 Å². The third-order valence-corrected chi connectivity index (χ3v) is 9.29. The van der Waals surface area contributed by atoms with Gasteiger partial charge in [0.25, 0.3) is 0 Å². The summed E-state index contributed by atoms with van der Waals surface area (Å²) in [6.07, 6.45) is 5.27. The first kappa shape index (κ1) is 30.6. The molecule has 218 valence electrons. The van der Waals surface area contributed by atoms with Crippen molar-refractivity contribution in [2.24, 2.45) is 0 Å². The number of aryl methyl sites for hydroxylation is 1. The molecule has 1 N–H and O–H groups in total. The minimum Gasteiger partial charge on any atom is -0.352 e. The van der Waals surface area contributed by atoms with E-state index in [9.17, 15) is 18.0 Å². The maximum atomic E-state index is 14.3. The Morgan fingerprint density at radius 2 is 1.61 bits per heavy atom. The van der Waals surface area contributed by atoms with Crippen LogP contribution in [0.4, 0.5) is 5.69 Å². The van der Waals surface area contributed by atoms with E-state index >= 15 is 0 Å². The summed E-state index contributed by atoms with van der Waals surface area (Å²) in [5.74, 6) is -0.738. The van der Waals surface area contributed by atoms with Crippen LogP contribution >= 0.6 is 11.6 Å². The highest BCUT2D eigenvalue weighted by molar-refractivity contribution is 7.92. The molecule has 0 unspecified atom stereocenters. The zero-order valence-electron chi connectivity index (χ0n) is 23.8. The number of anilines is 1. The summed E-state index contributed by atoms with van der Waals surface area (Å²) in [6.45, 7) is 3.34. The summed E-state index contributed by atoms with van der Waals surface area (Å²) in [4.78, 5) is 29.6. The molecule has 7 nitrogen and oxygen atoms in total. The van der Waals surface area contributed by atoms with Crippen molar-refractivity contribution in [2.45, 2.75) is 64.6 Å². The number of carbonyl (C=O) groups excluding carboxylic acids is 2. The van der Waals surface area contributed by atoms with Crippen molar-refractivity contribution < 1.29 is 18.0 Å². The summed E-state index contributed by atoms with van der Waals surface area (Å²) in [6, 6.07) is 21.3. The summed E-state index contributed by atoms with van der Waals surface area (Å²) < 4.78 is 27.2. The lowest BCUT2D eigenvalue weighted by Crippen LogP contribution is -2.54. The lowest BCUT2D eigenvalue weighted by molar-refractivity contribution is -0.140. The molecule has 3 aromatic rings. The second-order valence-electron chi connectivity index (χ2n) is 10.8. The van der Waals surface area contributed by atoms with Crippen LogP contribution in [0.5, 0.6) is 0 Å². The lowest BCUT2D eigenvalue weighted by atomic mass is 10.0. The van der Waals surface area contributed by atoms with Gasteiger partial charge in [0.1, 0.15) is 12.6 Å². The van der Waals surface area contributed by atoms with E-state index < -0.39 is 28.5 Å². The molecule has 0 heterocycles. The summed E-state index contributed by atoms with van der Waals surface area (Å²) >= 11 is 6.52. The first-order valence-electron chi connectivity index (χ1n) is 14.0. The van der Waals surface area contributed by atoms with Gasteiger partial charge in [-0.25, -0.2) is 8.42 Å². The summed E-state index contributed by atoms with van der Waals surface area (Å²) in [7, 11) is -3.83. The topological polar surface area (TPSA) is 86.8 Å². The number of carbonyl (C=O) groups is 2. The predicted molar refractivity (Wildman–Crippen MR) is 164 cm³/mol. The highest BCUT2D eigenvalue weighted by atomic mass is 35.5. The Balaban J connectivity index is 1.75. The Labute approximate surface area is 248 Å². The molecular weight excluding hydrogens is 558 g/mol. The lowest BCUT2D eigenvalue weighted by Gasteiger charge is -2.34. The molecule has 0 saturated heterocycles. The molecule has 1 aliphatic rings. The van der Waals surface area contributed by atoms with Crippen LogP contribution in [-0.4, -0.2) is 50.0 Å². The number of halogens is 1. The van der Waals surface area contributed by atoms with Crippen LogP contribution in [0.2, 0.25) is 5.02 Å². The molecule has 1 fully saturated rings. The van der Waals surface area contributed by atoms with E-state index in [2.05, 4.69) is 5.32 Å². The Bertz CT molecular complexity index is 1470. The first-order chi connectivity index (χ1) is 19.5. The van der Waals surface area contributed by atoms with Crippen molar-refractivity contribution in [1.82, 2.24) is 10.2 Å². The van der Waals surface area contributed by atoms with Crippen LogP contribution in [0.1, 0.15) is 47.9 Å². The van der Waals surface area contributed by atoms with Crippen LogP contribution < -0.4 is 9.62 Å². The molecule has 1 saturated carbocycles. The number of nitrogens with one attached hydrogen (secondary N) is 1. The first-order valence-corrected chi connectivity index (χ1v) is 16.2. The Morgan fingerprint density at radius 1 is 0.951 bits per heavy atom. The molecule has 1 atom stereocenters. The van der Waals surface area contributed by atoms with Gasteiger partial charge in [-0.2, -0.15) is 0 Å². The zero-order valence-corrected chi connectivity index (χ0v) is 25.4. The molecule has 9 heteroatoms. The average Bonchev–Trinajstić information content (AvgIpc) is 3.45. The number of nitrogens with zero attached hydrogens (tertiary/aromatic N) is 2. The molecular formula is C32H38ClN3O4S. The third-order valence-electron chi connectivity index (χ3n) is 7.80. The van der Waals surface area contributed by atoms with Crippen molar-refractivity contribution in [3.63, 3.8) is 0 Å². The van der Waals surface area contributed by atoms with E-state index in [0.29, 0.717) is 16.3 Å². The zero-order chi connectivity index (χ0) is 29.6. The molecule has 3 aromatic carbocycles. The Hall–Kier alpha value is -3.36. The van der Waals surface area contributed by atoms with Crippen LogP contribution in [0, 0.1) is 13.8 Å². The van der Waals surface area contributed by atoms with Gasteiger partial charge in [0, 0.05) is 24.0 Å². The highest BCUT2D eigenvalue weighted by Gasteiger charge is 2.34. The predicted octanol–water partition coefficient (Wildman–Crippen LogP) is 5.42. The van der Waals surface area contributed by atoms with Gasteiger partial charge in [-0.15, -0.1) is 0 Å². The fraction of sp³-hybridized carbons (Fsp3) is 0.375. The third kappa shape index (κ3) is 7.89. The Kier molecular flexibility index (Phi) is 10.1. The van der Waals surface area contributed by atoms with E-state index in [1.165, 1.54) is 4.90 Å². The summed E-state index contributed by atoms with van der Waals surface area (Å²) in [5.41, 5.74) is 3.68. The van der Waals surface area contributed by atoms with Gasteiger partial charge in [-0.1, -0.05) is 85.1 Å². The maximum Gasteiger partial charge on any atom is 0.244 e. The number of hydrogen-bond acceptors (Lipinski definition) is 4. The van der Waals surface area contributed by atoms with Crippen molar-refractivity contribution in [3.8, 4) is 0 Å². The quantitative estimate of drug-likeness (QED) is 0.321. The average molecular weight is 596 g/mol. The largest absolute Gasteiger partial charge is 0.352 e. The SMILES string of the molecule is Cc1cccc(N(CC(=O)N(Cc2ccccc2Cl)[C@@H](Cc2ccccc2)C(=O)NC2CCCC2)S(C)(=O)=O)c1C. The number of hydrogen-bond donors (Lipinski definition) is 1. The molecule has 0 bridgehead atoms. The van der Waals surface area contributed by atoms with Gasteiger partial charge in [0.15, 0.2) is 0 Å². The Morgan fingerprint density at radius 3 is 2.27 bits per heavy atom. The molecule has 4 rings (SSSR count). The van der Waals surface area contributed by atoms with E-state index in [4.69, 9.17) is 11.6 Å². The van der Waals surface area contributed by atoms with Crippen molar-refractivity contribution >= 4 is 39.1 Å². The molecule has 2 amide bonds. The number of rotatable bonds is 11. The fourth-order valence-corrected chi connectivity index (χ4v) is 6.43. The van der Waals surface area contributed by atoms with Gasteiger partial charge in [0.05, 0.1) is 11.9 Å². The highest BCUT2D eigenvalue weighted by Crippen LogP contribution is 2.27. The number of amides is 2. The minimum absolute atomic E-state index is 0.0541. The van der Waals surface area contributed by atoms with Crippen molar-refractivity contribution in [2.75, 3.05) is 17.1 Å².